The molecule has 1 rings (SSSR count). The molecule has 0 saturated carbocycles. The van der Waals surface area contributed by atoms with Crippen molar-refractivity contribution in [1.29, 1.82) is 0 Å². The Morgan fingerprint density at radius 3 is 2.68 bits per heavy atom. The van der Waals surface area contributed by atoms with Crippen LogP contribution in [0.5, 0.6) is 6.01 Å². The van der Waals surface area contributed by atoms with E-state index >= 15 is 0 Å². The lowest BCUT2D eigenvalue weighted by molar-refractivity contribution is 0.261. The van der Waals surface area contributed by atoms with Gasteiger partial charge in [-0.3, -0.25) is 0 Å². The minimum atomic E-state index is 0.135. The van der Waals surface area contributed by atoms with Crippen LogP contribution < -0.4 is 10.1 Å². The molecular weight excluding hydrogens is 266 g/mol. The molecule has 1 heterocycles. The highest BCUT2D eigenvalue weighted by atomic mass is 35.5. The Labute approximate surface area is 119 Å². The number of nitrogens with zero attached hydrogens (tertiary/aromatic N) is 4. The topological polar surface area (TPSA) is 63.2 Å². The summed E-state index contributed by atoms with van der Waals surface area (Å²) in [5.74, 6) is 0.445. The number of hydrogen-bond donors (Lipinski definition) is 1. The van der Waals surface area contributed by atoms with Gasteiger partial charge in [-0.1, -0.05) is 6.92 Å². The van der Waals surface area contributed by atoms with Crippen LogP contribution in [-0.2, 0) is 0 Å². The first-order valence-corrected chi connectivity index (χ1v) is 6.93. The van der Waals surface area contributed by atoms with Crippen molar-refractivity contribution in [3.05, 3.63) is 5.28 Å². The summed E-state index contributed by atoms with van der Waals surface area (Å²) in [6.07, 6.45) is 1.13. The molecule has 108 valence electrons. The SMILES string of the molecule is CCOc1nc(Cl)nc(NCCN(C)C(C)CC)n1. The Morgan fingerprint density at radius 2 is 2.05 bits per heavy atom. The zero-order chi connectivity index (χ0) is 14.3. The van der Waals surface area contributed by atoms with E-state index in [1.807, 2.05) is 6.92 Å². The van der Waals surface area contributed by atoms with Crippen LogP contribution in [0, 0.1) is 0 Å². The molecule has 0 aromatic carbocycles. The quantitative estimate of drug-likeness (QED) is 0.790. The van der Waals surface area contributed by atoms with Crippen LogP contribution in [0.15, 0.2) is 0 Å². The summed E-state index contributed by atoms with van der Waals surface area (Å²) in [6, 6.07) is 0.808. The summed E-state index contributed by atoms with van der Waals surface area (Å²) in [7, 11) is 2.10. The van der Waals surface area contributed by atoms with Gasteiger partial charge in [0.15, 0.2) is 0 Å². The number of hydrogen-bond acceptors (Lipinski definition) is 6. The Balaban J connectivity index is 2.48. The zero-order valence-electron chi connectivity index (χ0n) is 12.0. The largest absolute Gasteiger partial charge is 0.464 e. The minimum Gasteiger partial charge on any atom is -0.464 e. The molecule has 1 aromatic rings. The van der Waals surface area contributed by atoms with Crippen molar-refractivity contribution < 1.29 is 4.74 Å². The Hall–Kier alpha value is -1.14. The van der Waals surface area contributed by atoms with E-state index in [9.17, 15) is 0 Å². The van der Waals surface area contributed by atoms with Crippen molar-refractivity contribution in [2.45, 2.75) is 33.2 Å². The number of aromatic nitrogens is 3. The molecular formula is C12H22ClN5O. The summed E-state index contributed by atoms with van der Waals surface area (Å²) in [5, 5.41) is 3.26. The van der Waals surface area contributed by atoms with E-state index in [-0.39, 0.29) is 11.3 Å². The molecule has 0 aliphatic rings. The van der Waals surface area contributed by atoms with Gasteiger partial charge in [-0.25, -0.2) is 0 Å². The van der Waals surface area contributed by atoms with Crippen LogP contribution in [0.1, 0.15) is 27.2 Å². The van der Waals surface area contributed by atoms with Crippen LogP contribution in [-0.4, -0.2) is 52.6 Å². The van der Waals surface area contributed by atoms with Gasteiger partial charge >= 0.3 is 6.01 Å². The monoisotopic (exact) mass is 287 g/mol. The predicted octanol–water partition coefficient (Wildman–Crippen LogP) is 2.07. The molecule has 0 aliphatic heterocycles. The molecule has 0 bridgehead atoms. The average Bonchev–Trinajstić information content (AvgIpc) is 2.37. The highest BCUT2D eigenvalue weighted by Crippen LogP contribution is 2.11. The second kappa shape index (κ2) is 8.12. The number of nitrogens with one attached hydrogen (secondary N) is 1. The van der Waals surface area contributed by atoms with Crippen molar-refractivity contribution in [2.24, 2.45) is 0 Å². The van der Waals surface area contributed by atoms with Crippen LogP contribution in [0.2, 0.25) is 5.28 Å². The lowest BCUT2D eigenvalue weighted by Gasteiger charge is -2.23. The van der Waals surface area contributed by atoms with Crippen LogP contribution in [0.4, 0.5) is 5.95 Å². The van der Waals surface area contributed by atoms with Gasteiger partial charge in [0.2, 0.25) is 11.2 Å². The minimum absolute atomic E-state index is 0.135. The number of anilines is 1. The number of ether oxygens (including phenoxy) is 1. The van der Waals surface area contributed by atoms with E-state index in [1.165, 1.54) is 0 Å². The molecule has 6 nitrogen and oxygen atoms in total. The molecule has 1 N–H and O–H groups in total. The van der Waals surface area contributed by atoms with Crippen LogP contribution >= 0.6 is 11.6 Å². The van der Waals surface area contributed by atoms with Crippen molar-refractivity contribution in [3.8, 4) is 6.01 Å². The summed E-state index contributed by atoms with van der Waals surface area (Å²) in [5.41, 5.74) is 0. The molecule has 19 heavy (non-hydrogen) atoms. The second-order valence-corrected chi connectivity index (χ2v) is 4.65. The van der Waals surface area contributed by atoms with E-state index in [1.54, 1.807) is 0 Å². The number of likely N-dealkylation sites (N-methyl/N-ethyl adjacent to an activating group) is 1. The van der Waals surface area contributed by atoms with Crippen molar-refractivity contribution in [2.75, 3.05) is 32.1 Å². The molecule has 0 spiro atoms. The first-order valence-electron chi connectivity index (χ1n) is 6.55. The van der Waals surface area contributed by atoms with E-state index < -0.39 is 0 Å². The summed E-state index contributed by atoms with van der Waals surface area (Å²) in [4.78, 5) is 14.3. The van der Waals surface area contributed by atoms with Gasteiger partial charge in [0, 0.05) is 19.1 Å². The van der Waals surface area contributed by atoms with Gasteiger partial charge in [-0.15, -0.1) is 0 Å². The van der Waals surface area contributed by atoms with Crippen molar-refractivity contribution in [3.63, 3.8) is 0 Å². The van der Waals surface area contributed by atoms with E-state index in [4.69, 9.17) is 16.3 Å². The third-order valence-corrected chi connectivity index (χ3v) is 3.12. The number of halogens is 1. The van der Waals surface area contributed by atoms with Gasteiger partial charge in [-0.05, 0) is 38.9 Å². The normalized spacial score (nSPS) is 12.5. The standard InChI is InChI=1S/C12H22ClN5O/c1-5-9(3)18(4)8-7-14-11-15-10(13)16-12(17-11)19-6-2/h9H,5-8H2,1-4H3,(H,14,15,16,17). The molecule has 0 radical (unpaired) electrons. The van der Waals surface area contributed by atoms with Crippen molar-refractivity contribution in [1.82, 2.24) is 19.9 Å². The maximum absolute atomic E-state index is 5.81. The van der Waals surface area contributed by atoms with Gasteiger partial charge < -0.3 is 15.0 Å². The van der Waals surface area contributed by atoms with Crippen molar-refractivity contribution >= 4 is 17.5 Å². The third-order valence-electron chi connectivity index (χ3n) is 2.95. The van der Waals surface area contributed by atoms with E-state index in [2.05, 4.69) is 46.1 Å². The molecule has 0 aliphatic carbocycles. The van der Waals surface area contributed by atoms with E-state index in [0.29, 0.717) is 18.6 Å². The third kappa shape index (κ3) is 5.57. The molecule has 0 amide bonds. The maximum atomic E-state index is 5.81. The van der Waals surface area contributed by atoms with Gasteiger partial charge in [0.25, 0.3) is 0 Å². The molecule has 1 atom stereocenters. The van der Waals surface area contributed by atoms with Gasteiger partial charge in [0.1, 0.15) is 0 Å². The second-order valence-electron chi connectivity index (χ2n) is 4.31. The fourth-order valence-electron chi connectivity index (χ4n) is 1.48. The zero-order valence-corrected chi connectivity index (χ0v) is 12.7. The first kappa shape index (κ1) is 15.9. The van der Waals surface area contributed by atoms with Gasteiger partial charge in [-0.2, -0.15) is 15.0 Å². The predicted molar refractivity (Wildman–Crippen MR) is 76.9 cm³/mol. The Bertz CT molecular complexity index is 390. The van der Waals surface area contributed by atoms with Crippen LogP contribution in [0.25, 0.3) is 0 Å². The lowest BCUT2D eigenvalue weighted by atomic mass is 10.2. The first-order chi connectivity index (χ1) is 9.06. The highest BCUT2D eigenvalue weighted by molar-refractivity contribution is 6.28. The fraction of sp³-hybridized carbons (Fsp3) is 0.750. The highest BCUT2D eigenvalue weighted by Gasteiger charge is 2.08. The average molecular weight is 288 g/mol. The Morgan fingerprint density at radius 1 is 1.32 bits per heavy atom. The smallest absolute Gasteiger partial charge is 0.322 e. The maximum Gasteiger partial charge on any atom is 0.322 e. The molecule has 0 saturated heterocycles. The molecule has 0 fully saturated rings. The molecule has 7 heteroatoms. The van der Waals surface area contributed by atoms with Gasteiger partial charge in [0.05, 0.1) is 6.61 Å². The molecule has 1 aromatic heterocycles. The Kier molecular flexibility index (Phi) is 6.80. The lowest BCUT2D eigenvalue weighted by Crippen LogP contribution is -2.32. The molecule has 1 unspecified atom stereocenters. The van der Waals surface area contributed by atoms with E-state index in [0.717, 1.165) is 19.5 Å². The summed E-state index contributed by atoms with van der Waals surface area (Å²) >= 11 is 5.81. The van der Waals surface area contributed by atoms with Crippen LogP contribution in [0.3, 0.4) is 0 Å². The fourth-order valence-corrected chi connectivity index (χ4v) is 1.63. The summed E-state index contributed by atoms with van der Waals surface area (Å²) < 4.78 is 5.21. The summed E-state index contributed by atoms with van der Waals surface area (Å²) in [6.45, 7) is 8.39. The number of rotatable bonds is 8.